The van der Waals surface area contributed by atoms with Gasteiger partial charge in [-0.2, -0.15) is 0 Å². The van der Waals surface area contributed by atoms with Gasteiger partial charge in [0.25, 0.3) is 0 Å². The highest BCUT2D eigenvalue weighted by Gasteiger charge is 2.19. The monoisotopic (exact) mass is 299 g/mol. The van der Waals surface area contributed by atoms with Crippen molar-refractivity contribution in [2.24, 2.45) is 5.92 Å². The smallest absolute Gasteiger partial charge is 0.317 e. The van der Waals surface area contributed by atoms with Crippen LogP contribution in [0.25, 0.3) is 10.9 Å². The third kappa shape index (κ3) is 3.43. The van der Waals surface area contributed by atoms with Crippen molar-refractivity contribution in [3.63, 3.8) is 0 Å². The molecule has 0 aliphatic carbocycles. The summed E-state index contributed by atoms with van der Waals surface area (Å²) in [6.07, 6.45) is 5.33. The maximum absolute atomic E-state index is 12.1. The van der Waals surface area contributed by atoms with Gasteiger partial charge in [0.2, 0.25) is 0 Å². The fourth-order valence-electron chi connectivity index (χ4n) is 3.10. The first-order valence-electron chi connectivity index (χ1n) is 8.30. The van der Waals surface area contributed by atoms with E-state index in [1.165, 1.54) is 10.9 Å². The van der Waals surface area contributed by atoms with Crippen LogP contribution in [0.15, 0.2) is 36.5 Å². The summed E-state index contributed by atoms with van der Waals surface area (Å²) in [5.41, 5.74) is 1.26. The van der Waals surface area contributed by atoms with Crippen LogP contribution >= 0.6 is 0 Å². The van der Waals surface area contributed by atoms with Crippen LogP contribution in [0.5, 0.6) is 0 Å². The first-order valence-corrected chi connectivity index (χ1v) is 8.30. The number of carbonyl (C=O) groups excluding carboxylic acids is 1. The summed E-state index contributed by atoms with van der Waals surface area (Å²) in [4.78, 5) is 14.0. The summed E-state index contributed by atoms with van der Waals surface area (Å²) in [5.74, 6) is 0.756. The molecule has 4 nitrogen and oxygen atoms in total. The average Bonchev–Trinajstić information content (AvgIpc) is 2.95. The van der Waals surface area contributed by atoms with E-state index in [9.17, 15) is 4.79 Å². The Labute approximate surface area is 132 Å². The largest absolute Gasteiger partial charge is 0.347 e. The number of benzene rings is 1. The molecule has 1 aliphatic rings. The fourth-order valence-corrected chi connectivity index (χ4v) is 3.10. The van der Waals surface area contributed by atoms with E-state index in [1.807, 2.05) is 4.90 Å². The molecular weight excluding hydrogens is 274 g/mol. The van der Waals surface area contributed by atoms with Gasteiger partial charge in [-0.25, -0.2) is 4.79 Å². The number of carbonyl (C=O) groups is 1. The number of hydrogen-bond acceptors (Lipinski definition) is 1. The quantitative estimate of drug-likeness (QED) is 0.862. The Morgan fingerprint density at radius 2 is 2.00 bits per heavy atom. The van der Waals surface area contributed by atoms with Crippen molar-refractivity contribution in [3.8, 4) is 0 Å². The number of aryl methyl sites for hydroxylation is 1. The molecule has 22 heavy (non-hydrogen) atoms. The van der Waals surface area contributed by atoms with Crippen LogP contribution in [0, 0.1) is 5.92 Å². The highest BCUT2D eigenvalue weighted by Crippen LogP contribution is 2.16. The number of hydrogen-bond donors (Lipinski definition) is 1. The Morgan fingerprint density at radius 3 is 2.82 bits per heavy atom. The van der Waals surface area contributed by atoms with E-state index in [1.54, 1.807) is 0 Å². The Kier molecular flexibility index (Phi) is 4.66. The molecule has 2 amide bonds. The number of para-hydroxylation sites is 1. The predicted molar refractivity (Wildman–Crippen MR) is 89.9 cm³/mol. The second-order valence-electron chi connectivity index (χ2n) is 6.32. The van der Waals surface area contributed by atoms with Gasteiger partial charge in [-0.1, -0.05) is 25.1 Å². The van der Waals surface area contributed by atoms with Gasteiger partial charge in [-0.15, -0.1) is 0 Å². The van der Waals surface area contributed by atoms with Crippen molar-refractivity contribution in [3.05, 3.63) is 36.5 Å². The van der Waals surface area contributed by atoms with Gasteiger partial charge in [-0.3, -0.25) is 0 Å². The number of likely N-dealkylation sites (tertiary alicyclic amines) is 1. The average molecular weight is 299 g/mol. The fraction of sp³-hybridized carbons (Fsp3) is 0.500. The van der Waals surface area contributed by atoms with E-state index in [-0.39, 0.29) is 6.03 Å². The number of nitrogens with zero attached hydrogens (tertiary/aromatic N) is 2. The number of rotatable bonds is 4. The molecule has 0 saturated carbocycles. The van der Waals surface area contributed by atoms with E-state index in [4.69, 9.17) is 0 Å². The molecular formula is C18H25N3O. The van der Waals surface area contributed by atoms with Crippen LogP contribution in [-0.4, -0.2) is 35.1 Å². The summed E-state index contributed by atoms with van der Waals surface area (Å²) in [5, 5.41) is 4.32. The number of urea groups is 1. The summed E-state index contributed by atoms with van der Waals surface area (Å²) in [6, 6.07) is 10.6. The molecule has 4 heteroatoms. The summed E-state index contributed by atoms with van der Waals surface area (Å²) >= 11 is 0. The second kappa shape index (κ2) is 6.86. The highest BCUT2D eigenvalue weighted by atomic mass is 16.2. The van der Waals surface area contributed by atoms with Gasteiger partial charge in [0.1, 0.15) is 0 Å². The molecule has 0 atom stereocenters. The Hall–Kier alpha value is -1.97. The van der Waals surface area contributed by atoms with Crippen molar-refractivity contribution >= 4 is 16.9 Å². The Balaban J connectivity index is 1.43. The lowest BCUT2D eigenvalue weighted by Gasteiger charge is -2.30. The number of fused-ring (bicyclic) bond motifs is 1. The molecule has 0 spiro atoms. The summed E-state index contributed by atoms with van der Waals surface area (Å²) < 4.78 is 2.25. The van der Waals surface area contributed by atoms with Crippen LogP contribution in [0.3, 0.4) is 0 Å². The molecule has 1 fully saturated rings. The van der Waals surface area contributed by atoms with Crippen LogP contribution < -0.4 is 5.32 Å². The van der Waals surface area contributed by atoms with E-state index in [0.29, 0.717) is 0 Å². The standard InChI is InChI=1S/C18H25N3O/c1-15-7-12-21(13-8-15)18(22)19-10-4-11-20-14-9-16-5-2-3-6-17(16)20/h2-3,5-6,9,14-15H,4,7-8,10-13H2,1H3,(H,19,22). The second-order valence-corrected chi connectivity index (χ2v) is 6.32. The minimum Gasteiger partial charge on any atom is -0.347 e. The molecule has 0 radical (unpaired) electrons. The van der Waals surface area contributed by atoms with Crippen LogP contribution in [0.1, 0.15) is 26.2 Å². The van der Waals surface area contributed by atoms with Crippen LogP contribution in [0.2, 0.25) is 0 Å². The van der Waals surface area contributed by atoms with Gasteiger partial charge in [-0.05, 0) is 42.7 Å². The number of aromatic nitrogens is 1. The van der Waals surface area contributed by atoms with E-state index >= 15 is 0 Å². The van der Waals surface area contributed by atoms with E-state index in [2.05, 4.69) is 53.3 Å². The van der Waals surface area contributed by atoms with Gasteiger partial charge < -0.3 is 14.8 Å². The predicted octanol–water partition coefficient (Wildman–Crippen LogP) is 3.47. The zero-order chi connectivity index (χ0) is 15.4. The topological polar surface area (TPSA) is 37.3 Å². The molecule has 2 aromatic rings. The Morgan fingerprint density at radius 1 is 1.23 bits per heavy atom. The lowest BCUT2D eigenvalue weighted by Crippen LogP contribution is -2.44. The molecule has 1 aliphatic heterocycles. The third-order valence-corrected chi connectivity index (χ3v) is 4.60. The van der Waals surface area contributed by atoms with Crippen molar-refractivity contribution in [2.75, 3.05) is 19.6 Å². The summed E-state index contributed by atoms with van der Waals surface area (Å²) in [6.45, 7) is 5.73. The normalized spacial score (nSPS) is 16.1. The number of amides is 2. The molecule has 0 bridgehead atoms. The maximum Gasteiger partial charge on any atom is 0.317 e. The molecule has 1 N–H and O–H groups in total. The maximum atomic E-state index is 12.1. The van der Waals surface area contributed by atoms with Crippen LogP contribution in [-0.2, 0) is 6.54 Å². The Bertz CT molecular complexity index is 626. The lowest BCUT2D eigenvalue weighted by atomic mass is 10.00. The molecule has 1 aromatic carbocycles. The molecule has 1 aromatic heterocycles. The number of nitrogens with one attached hydrogen (secondary N) is 1. The van der Waals surface area contributed by atoms with Crippen molar-refractivity contribution in [1.82, 2.24) is 14.8 Å². The zero-order valence-corrected chi connectivity index (χ0v) is 13.3. The minimum atomic E-state index is 0.101. The first-order chi connectivity index (χ1) is 10.7. The third-order valence-electron chi connectivity index (χ3n) is 4.60. The number of piperidine rings is 1. The molecule has 3 rings (SSSR count). The zero-order valence-electron chi connectivity index (χ0n) is 13.3. The van der Waals surface area contributed by atoms with Crippen molar-refractivity contribution in [2.45, 2.75) is 32.7 Å². The minimum absolute atomic E-state index is 0.101. The van der Waals surface area contributed by atoms with Gasteiger partial charge in [0, 0.05) is 37.9 Å². The van der Waals surface area contributed by atoms with Gasteiger partial charge >= 0.3 is 6.03 Å². The summed E-state index contributed by atoms with van der Waals surface area (Å²) in [7, 11) is 0. The highest BCUT2D eigenvalue weighted by molar-refractivity contribution is 5.79. The molecule has 0 unspecified atom stereocenters. The van der Waals surface area contributed by atoms with E-state index < -0.39 is 0 Å². The van der Waals surface area contributed by atoms with Gasteiger partial charge in [0.05, 0.1) is 0 Å². The van der Waals surface area contributed by atoms with E-state index in [0.717, 1.165) is 51.4 Å². The van der Waals surface area contributed by atoms with Gasteiger partial charge in [0.15, 0.2) is 0 Å². The molecule has 2 heterocycles. The van der Waals surface area contributed by atoms with Crippen LogP contribution in [0.4, 0.5) is 4.79 Å². The van der Waals surface area contributed by atoms with Crippen molar-refractivity contribution in [1.29, 1.82) is 0 Å². The first kappa shape index (κ1) is 14.9. The molecule has 118 valence electrons. The SMILES string of the molecule is CC1CCN(C(=O)NCCCn2ccc3ccccc32)CC1. The molecule has 1 saturated heterocycles. The lowest BCUT2D eigenvalue weighted by molar-refractivity contribution is 0.174. The van der Waals surface area contributed by atoms with Crippen molar-refractivity contribution < 1.29 is 4.79 Å².